The zero-order valence-electron chi connectivity index (χ0n) is 36.0. The topological polar surface area (TPSA) is 189 Å². The molecule has 1 atom stereocenters. The van der Waals surface area contributed by atoms with Crippen LogP contribution in [0.1, 0.15) is 101 Å². The van der Waals surface area contributed by atoms with Crippen molar-refractivity contribution in [2.75, 3.05) is 13.2 Å². The number of amides is 3. The molecule has 64 heavy (non-hydrogen) atoms. The number of unbranched alkanes of at least 4 members (excludes halogenated alkanes) is 3. The van der Waals surface area contributed by atoms with Gasteiger partial charge < -0.3 is 19.5 Å². The molecule has 16 heteroatoms. The Kier molecular flexibility index (Phi) is 13.6. The summed E-state index contributed by atoms with van der Waals surface area (Å²) < 4.78 is 48.6. The fraction of sp³-hybridized carbons (Fsp3) is 0.333. The van der Waals surface area contributed by atoms with Crippen molar-refractivity contribution in [3.63, 3.8) is 0 Å². The van der Waals surface area contributed by atoms with Gasteiger partial charge in [-0.05, 0) is 74.6 Å². The SMILES string of the molecule is C=C1CCC(N2C(=O)c3cccc(OCC(=O)CCCCCCC(=O)c4cccc(S(=O)(=O)Cc5cc6c(cc5Oc5cccc(OCCC)c5)n(C)c(=O)n6C)c4)c3C2=O)C(=O)N1. The second kappa shape index (κ2) is 19.3. The molecular formula is C48H50N4O11S. The highest BCUT2D eigenvalue weighted by Gasteiger charge is 2.45. The van der Waals surface area contributed by atoms with Crippen molar-refractivity contribution in [3.05, 3.63) is 124 Å². The number of benzene rings is 4. The summed E-state index contributed by atoms with van der Waals surface area (Å²) >= 11 is 0. The number of allylic oxidation sites excluding steroid dienone is 1. The van der Waals surface area contributed by atoms with E-state index >= 15 is 0 Å². The highest BCUT2D eigenvalue weighted by atomic mass is 32.2. The lowest BCUT2D eigenvalue weighted by molar-refractivity contribution is -0.125. The molecule has 0 saturated carbocycles. The lowest BCUT2D eigenvalue weighted by Crippen LogP contribution is -2.51. The third-order valence-electron chi connectivity index (χ3n) is 11.4. The number of sulfone groups is 1. The first-order valence-corrected chi connectivity index (χ1v) is 22.9. The van der Waals surface area contributed by atoms with E-state index in [0.717, 1.165) is 11.3 Å². The Labute approximate surface area is 370 Å². The lowest BCUT2D eigenvalue weighted by atomic mass is 10.0. The third kappa shape index (κ3) is 9.71. The lowest BCUT2D eigenvalue weighted by Gasteiger charge is -2.29. The first kappa shape index (κ1) is 45.2. The summed E-state index contributed by atoms with van der Waals surface area (Å²) in [6.07, 6.45) is 4.27. The maximum atomic E-state index is 14.0. The average molecular weight is 891 g/mol. The summed E-state index contributed by atoms with van der Waals surface area (Å²) in [7, 11) is -0.770. The van der Waals surface area contributed by atoms with Crippen LogP contribution in [-0.4, -0.2) is 71.0 Å². The van der Waals surface area contributed by atoms with Gasteiger partial charge in [-0.15, -0.1) is 0 Å². The Bertz CT molecular complexity index is 2860. The number of Topliss-reactive ketones (excluding diaryl/α,β-unsaturated/α-hetero) is 2. The summed E-state index contributed by atoms with van der Waals surface area (Å²) in [5, 5.41) is 2.60. The molecule has 334 valence electrons. The van der Waals surface area contributed by atoms with Crippen LogP contribution in [-0.2, 0) is 39.3 Å². The second-order valence-corrected chi connectivity index (χ2v) is 18.0. The molecule has 0 spiro atoms. The Balaban J connectivity index is 0.914. The van der Waals surface area contributed by atoms with Gasteiger partial charge in [0.05, 0.1) is 39.4 Å². The molecule has 5 aromatic rings. The second-order valence-electron chi connectivity index (χ2n) is 16.0. The number of piperidine rings is 1. The van der Waals surface area contributed by atoms with Crippen molar-refractivity contribution in [2.45, 2.75) is 81.4 Å². The van der Waals surface area contributed by atoms with Gasteiger partial charge in [-0.3, -0.25) is 38.0 Å². The number of imidazole rings is 1. The minimum absolute atomic E-state index is 0.0271. The van der Waals surface area contributed by atoms with Crippen LogP contribution in [0.3, 0.4) is 0 Å². The van der Waals surface area contributed by atoms with Crippen LogP contribution in [0, 0.1) is 0 Å². The minimum atomic E-state index is -4.02. The molecule has 1 fully saturated rings. The van der Waals surface area contributed by atoms with Gasteiger partial charge in [-0.25, -0.2) is 13.2 Å². The summed E-state index contributed by atoms with van der Waals surface area (Å²) in [6.45, 7) is 5.95. The zero-order valence-corrected chi connectivity index (χ0v) is 36.8. The van der Waals surface area contributed by atoms with Gasteiger partial charge >= 0.3 is 5.69 Å². The smallest absolute Gasteiger partial charge is 0.328 e. The van der Waals surface area contributed by atoms with Crippen molar-refractivity contribution in [3.8, 4) is 23.0 Å². The monoisotopic (exact) mass is 890 g/mol. The number of rotatable bonds is 20. The third-order valence-corrected chi connectivity index (χ3v) is 13.0. The van der Waals surface area contributed by atoms with E-state index in [1.165, 1.54) is 39.5 Å². The number of ether oxygens (including phenoxy) is 3. The molecule has 1 aromatic heterocycles. The Morgan fingerprint density at radius 3 is 2.25 bits per heavy atom. The largest absolute Gasteiger partial charge is 0.493 e. The molecule has 1 saturated heterocycles. The first-order chi connectivity index (χ1) is 30.7. The number of nitrogens with zero attached hydrogens (tertiary/aromatic N) is 3. The number of hydrogen-bond donors (Lipinski definition) is 1. The van der Waals surface area contributed by atoms with E-state index in [0.29, 0.717) is 72.5 Å². The predicted octanol–water partition coefficient (Wildman–Crippen LogP) is 6.99. The standard InChI is InChI=1S/C48H50N4O11S/c1-5-23-61-34-15-11-16-35(26-34)63-43-27-40-39(50(3)48(58)51(40)4)25-32(43)29-64(59,60)36-17-10-13-31(24-36)41(54)19-9-7-6-8-14-33(53)28-62-42-20-12-18-37-44(42)47(57)52(46(37)56)38-22-21-30(2)49-45(38)55/h10-13,15-18,20,24-27,38H,2,5-9,14,19,21-23,28-29H2,1,3-4H3,(H,49,55). The normalized spacial score (nSPS) is 15.0. The molecule has 7 rings (SSSR count). The molecule has 0 aliphatic carbocycles. The number of aromatic nitrogens is 2. The molecule has 0 radical (unpaired) electrons. The van der Waals surface area contributed by atoms with Crippen molar-refractivity contribution in [2.24, 2.45) is 14.1 Å². The van der Waals surface area contributed by atoms with E-state index in [1.807, 2.05) is 6.92 Å². The van der Waals surface area contributed by atoms with Gasteiger partial charge in [0.2, 0.25) is 5.91 Å². The van der Waals surface area contributed by atoms with E-state index in [9.17, 15) is 37.2 Å². The number of ketones is 2. The number of aryl methyl sites for hydroxylation is 2. The van der Waals surface area contributed by atoms with Gasteiger partial charge in [0.25, 0.3) is 11.8 Å². The Morgan fingerprint density at radius 2 is 1.50 bits per heavy atom. The molecule has 15 nitrogen and oxygen atoms in total. The molecular weight excluding hydrogens is 841 g/mol. The van der Waals surface area contributed by atoms with E-state index in [-0.39, 0.29) is 76.2 Å². The number of fused-ring (bicyclic) bond motifs is 2. The fourth-order valence-electron chi connectivity index (χ4n) is 7.92. The van der Waals surface area contributed by atoms with Crippen LogP contribution in [0.25, 0.3) is 11.0 Å². The molecule has 1 N–H and O–H groups in total. The summed E-state index contributed by atoms with van der Waals surface area (Å²) in [6, 6.07) is 19.9. The average Bonchev–Trinajstić information content (AvgIpc) is 3.65. The van der Waals surface area contributed by atoms with Crippen LogP contribution in [0.2, 0.25) is 0 Å². The fourth-order valence-corrected chi connectivity index (χ4v) is 9.32. The van der Waals surface area contributed by atoms with E-state index in [2.05, 4.69) is 11.9 Å². The van der Waals surface area contributed by atoms with Crippen LogP contribution >= 0.6 is 0 Å². The van der Waals surface area contributed by atoms with Gasteiger partial charge in [-0.1, -0.05) is 50.6 Å². The van der Waals surface area contributed by atoms with Crippen LogP contribution in [0.4, 0.5) is 0 Å². The van der Waals surface area contributed by atoms with E-state index in [4.69, 9.17) is 14.2 Å². The van der Waals surface area contributed by atoms with Gasteiger partial charge in [0.15, 0.2) is 21.4 Å². The summed E-state index contributed by atoms with van der Waals surface area (Å²) in [5.41, 5.74) is 2.07. The van der Waals surface area contributed by atoms with Crippen molar-refractivity contribution >= 4 is 50.2 Å². The summed E-state index contributed by atoms with van der Waals surface area (Å²) in [5.74, 6) is -1.22. The van der Waals surface area contributed by atoms with Gasteiger partial charge in [-0.2, -0.15) is 0 Å². The van der Waals surface area contributed by atoms with E-state index in [1.54, 1.807) is 62.6 Å². The van der Waals surface area contributed by atoms with Crippen molar-refractivity contribution in [1.82, 2.24) is 19.4 Å². The highest BCUT2D eigenvalue weighted by molar-refractivity contribution is 7.90. The van der Waals surface area contributed by atoms with Gasteiger partial charge in [0.1, 0.15) is 35.6 Å². The van der Waals surface area contributed by atoms with E-state index < -0.39 is 39.4 Å². The molecule has 2 aliphatic heterocycles. The minimum Gasteiger partial charge on any atom is -0.493 e. The Morgan fingerprint density at radius 1 is 0.797 bits per heavy atom. The molecule has 3 heterocycles. The van der Waals surface area contributed by atoms with Crippen LogP contribution in [0.15, 0.2) is 101 Å². The molecule has 0 bridgehead atoms. The number of nitrogens with one attached hydrogen (secondary N) is 1. The Hall–Kier alpha value is -6.81. The number of carbonyl (C=O) groups excluding carboxylic acids is 5. The van der Waals surface area contributed by atoms with Crippen molar-refractivity contribution < 1.29 is 46.6 Å². The zero-order chi connectivity index (χ0) is 45.7. The predicted molar refractivity (Wildman–Crippen MR) is 238 cm³/mol. The maximum Gasteiger partial charge on any atom is 0.328 e. The maximum absolute atomic E-state index is 14.0. The molecule has 1 unspecified atom stereocenters. The van der Waals surface area contributed by atoms with Gasteiger partial charge in [0, 0.05) is 55.9 Å². The first-order valence-electron chi connectivity index (χ1n) is 21.3. The molecule has 2 aliphatic rings. The molecule has 3 amide bonds. The van der Waals surface area contributed by atoms with Crippen molar-refractivity contribution in [1.29, 1.82) is 0 Å². The number of hydrogen-bond acceptors (Lipinski definition) is 11. The van der Waals surface area contributed by atoms with Crippen LogP contribution < -0.4 is 25.2 Å². The highest BCUT2D eigenvalue weighted by Crippen LogP contribution is 2.36. The number of carbonyl (C=O) groups is 5. The quantitative estimate of drug-likeness (QED) is 0.0482. The summed E-state index contributed by atoms with van der Waals surface area (Å²) in [4.78, 5) is 78.8. The molecule has 4 aromatic carbocycles. The number of imide groups is 1. The van der Waals surface area contributed by atoms with Crippen LogP contribution in [0.5, 0.6) is 23.0 Å².